The number of ether oxygens (including phenoxy) is 1. The van der Waals surface area contributed by atoms with E-state index in [1.807, 2.05) is 11.3 Å². The molecule has 0 N–H and O–H groups in total. The lowest BCUT2D eigenvalue weighted by Gasteiger charge is -2.38. The summed E-state index contributed by atoms with van der Waals surface area (Å²) in [6, 6.07) is 1.79. The minimum absolute atomic E-state index is 0.473. The fourth-order valence-electron chi connectivity index (χ4n) is 4.31. The van der Waals surface area contributed by atoms with Crippen LogP contribution in [0.5, 0.6) is 0 Å². The molecule has 4 rings (SSSR count). The van der Waals surface area contributed by atoms with Crippen molar-refractivity contribution in [3.8, 4) is 0 Å². The van der Waals surface area contributed by atoms with E-state index in [1.54, 1.807) is 7.11 Å². The van der Waals surface area contributed by atoms with E-state index in [1.165, 1.54) is 41.3 Å². The molecule has 2 bridgehead atoms. The summed E-state index contributed by atoms with van der Waals surface area (Å²) in [5, 5.41) is 9.74. The van der Waals surface area contributed by atoms with Crippen molar-refractivity contribution >= 4 is 11.3 Å². The third kappa shape index (κ3) is 3.00. The van der Waals surface area contributed by atoms with Crippen LogP contribution in [-0.4, -0.2) is 44.1 Å². The molecule has 130 valence electrons. The van der Waals surface area contributed by atoms with Crippen molar-refractivity contribution in [2.45, 2.75) is 70.8 Å². The number of hydrogen-bond donors (Lipinski definition) is 0. The topological polar surface area (TPSA) is 56.1 Å². The molecule has 2 aromatic rings. The zero-order chi connectivity index (χ0) is 16.7. The molecular formula is C17H25N5OS. The summed E-state index contributed by atoms with van der Waals surface area (Å²) < 4.78 is 7.22. The first-order valence-electron chi connectivity index (χ1n) is 8.72. The van der Waals surface area contributed by atoms with Crippen LogP contribution in [0.3, 0.4) is 0 Å². The molecule has 2 unspecified atom stereocenters. The monoisotopic (exact) mass is 347 g/mol. The van der Waals surface area contributed by atoms with Gasteiger partial charge in [0.15, 0.2) is 0 Å². The van der Waals surface area contributed by atoms with Crippen LogP contribution in [0, 0.1) is 13.8 Å². The summed E-state index contributed by atoms with van der Waals surface area (Å²) >= 11 is 1.85. The Bertz CT molecular complexity index is 698. The Kier molecular flexibility index (Phi) is 4.40. The Hall–Kier alpha value is -1.31. The van der Waals surface area contributed by atoms with Gasteiger partial charge in [-0.05, 0) is 39.5 Å². The van der Waals surface area contributed by atoms with Crippen molar-refractivity contribution in [3.63, 3.8) is 0 Å². The Morgan fingerprint density at radius 1 is 1.21 bits per heavy atom. The van der Waals surface area contributed by atoms with E-state index in [0.717, 1.165) is 12.2 Å². The summed E-state index contributed by atoms with van der Waals surface area (Å²) in [7, 11) is 1.70. The first-order valence-corrected chi connectivity index (χ1v) is 9.54. The number of hydrogen-bond acceptors (Lipinski definition) is 6. The molecule has 0 radical (unpaired) electrons. The molecule has 2 atom stereocenters. The van der Waals surface area contributed by atoms with Gasteiger partial charge >= 0.3 is 0 Å². The minimum atomic E-state index is 0.473. The highest BCUT2D eigenvalue weighted by Gasteiger charge is 2.41. The molecule has 0 aromatic carbocycles. The first-order chi connectivity index (χ1) is 11.6. The van der Waals surface area contributed by atoms with Gasteiger partial charge in [0.25, 0.3) is 0 Å². The van der Waals surface area contributed by atoms with Crippen LogP contribution in [0.15, 0.2) is 6.20 Å². The standard InChI is InChI=1S/C17H25N5OS/c1-11-17(24-12(2)18-11)9-21-14-4-5-15(21)7-16(6-14)22-8-13(10-23-3)19-20-22/h8,14-16H,4-7,9-10H2,1-3H3. The number of piperidine rings is 1. The number of aryl methyl sites for hydroxylation is 2. The van der Waals surface area contributed by atoms with E-state index >= 15 is 0 Å². The molecule has 2 saturated heterocycles. The molecule has 2 aromatic heterocycles. The third-order valence-corrected chi connectivity index (χ3v) is 6.47. The molecule has 0 spiro atoms. The molecule has 24 heavy (non-hydrogen) atoms. The number of rotatable bonds is 5. The summed E-state index contributed by atoms with van der Waals surface area (Å²) in [5.41, 5.74) is 2.13. The fourth-order valence-corrected chi connectivity index (χ4v) is 5.26. The van der Waals surface area contributed by atoms with E-state index in [2.05, 4.69) is 44.9 Å². The van der Waals surface area contributed by atoms with Gasteiger partial charge in [-0.25, -0.2) is 9.67 Å². The molecule has 4 heterocycles. The predicted molar refractivity (Wildman–Crippen MR) is 92.9 cm³/mol. The number of thiazole rings is 1. The predicted octanol–water partition coefficient (Wildman–Crippen LogP) is 2.87. The Morgan fingerprint density at radius 2 is 1.96 bits per heavy atom. The molecule has 7 heteroatoms. The van der Waals surface area contributed by atoms with Gasteiger partial charge in [-0.3, -0.25) is 4.90 Å². The molecule has 2 aliphatic rings. The molecule has 0 amide bonds. The van der Waals surface area contributed by atoms with Crippen LogP contribution in [0.2, 0.25) is 0 Å². The number of aromatic nitrogens is 4. The number of methoxy groups -OCH3 is 1. The SMILES string of the molecule is COCc1cn(C2CC3CCC(C2)N3Cc2sc(C)nc2C)nn1. The van der Waals surface area contributed by atoms with Crippen LogP contribution < -0.4 is 0 Å². The fraction of sp³-hybridized carbons (Fsp3) is 0.706. The molecular weight excluding hydrogens is 322 g/mol. The Labute approximate surface area is 146 Å². The van der Waals surface area contributed by atoms with Crippen molar-refractivity contribution in [3.05, 3.63) is 27.5 Å². The van der Waals surface area contributed by atoms with Crippen molar-refractivity contribution in [1.29, 1.82) is 0 Å². The molecule has 2 fully saturated rings. The molecule has 0 saturated carbocycles. The van der Waals surface area contributed by atoms with E-state index in [-0.39, 0.29) is 0 Å². The summed E-state index contributed by atoms with van der Waals surface area (Å²) in [6.07, 6.45) is 7.00. The highest BCUT2D eigenvalue weighted by atomic mass is 32.1. The second kappa shape index (κ2) is 6.54. The Balaban J connectivity index is 1.46. The normalized spacial score (nSPS) is 27.0. The quantitative estimate of drug-likeness (QED) is 0.832. The van der Waals surface area contributed by atoms with Gasteiger partial charge in [0.05, 0.1) is 29.5 Å². The van der Waals surface area contributed by atoms with E-state index in [0.29, 0.717) is 24.7 Å². The maximum atomic E-state index is 5.15. The lowest BCUT2D eigenvalue weighted by molar-refractivity contribution is 0.0952. The zero-order valence-corrected chi connectivity index (χ0v) is 15.4. The first kappa shape index (κ1) is 16.2. The minimum Gasteiger partial charge on any atom is -0.378 e. The maximum absolute atomic E-state index is 5.15. The summed E-state index contributed by atoms with van der Waals surface area (Å²) in [5.74, 6) is 0. The van der Waals surface area contributed by atoms with Crippen LogP contribution in [0.25, 0.3) is 0 Å². The van der Waals surface area contributed by atoms with Crippen LogP contribution in [0.4, 0.5) is 0 Å². The van der Waals surface area contributed by atoms with Gasteiger partial charge in [0, 0.05) is 30.6 Å². The van der Waals surface area contributed by atoms with Crippen LogP contribution >= 0.6 is 11.3 Å². The van der Waals surface area contributed by atoms with Crippen molar-refractivity contribution in [2.75, 3.05) is 7.11 Å². The van der Waals surface area contributed by atoms with E-state index in [9.17, 15) is 0 Å². The van der Waals surface area contributed by atoms with Crippen molar-refractivity contribution in [1.82, 2.24) is 24.9 Å². The average Bonchev–Trinajstić information content (AvgIpc) is 3.19. The smallest absolute Gasteiger partial charge is 0.108 e. The van der Waals surface area contributed by atoms with Gasteiger partial charge in [-0.2, -0.15) is 0 Å². The molecule has 2 aliphatic heterocycles. The van der Waals surface area contributed by atoms with Gasteiger partial charge in [0.2, 0.25) is 0 Å². The second-order valence-electron chi connectivity index (χ2n) is 7.05. The van der Waals surface area contributed by atoms with Gasteiger partial charge < -0.3 is 4.74 Å². The summed E-state index contributed by atoms with van der Waals surface area (Å²) in [6.45, 7) is 5.84. The van der Waals surface area contributed by atoms with Crippen molar-refractivity contribution in [2.24, 2.45) is 0 Å². The third-order valence-electron chi connectivity index (χ3n) is 5.41. The van der Waals surface area contributed by atoms with Crippen molar-refractivity contribution < 1.29 is 4.74 Å². The largest absolute Gasteiger partial charge is 0.378 e. The number of fused-ring (bicyclic) bond motifs is 2. The highest BCUT2D eigenvalue weighted by molar-refractivity contribution is 7.11. The maximum Gasteiger partial charge on any atom is 0.108 e. The van der Waals surface area contributed by atoms with E-state index < -0.39 is 0 Å². The average molecular weight is 347 g/mol. The lowest BCUT2D eigenvalue weighted by atomic mass is 9.97. The lowest BCUT2D eigenvalue weighted by Crippen LogP contribution is -2.42. The van der Waals surface area contributed by atoms with Crippen LogP contribution in [0.1, 0.15) is 53.0 Å². The van der Waals surface area contributed by atoms with Gasteiger partial charge in [-0.1, -0.05) is 5.21 Å². The zero-order valence-electron chi connectivity index (χ0n) is 14.6. The molecule has 0 aliphatic carbocycles. The molecule has 6 nitrogen and oxygen atoms in total. The second-order valence-corrected chi connectivity index (χ2v) is 8.33. The highest BCUT2D eigenvalue weighted by Crippen LogP contribution is 2.42. The Morgan fingerprint density at radius 3 is 2.58 bits per heavy atom. The van der Waals surface area contributed by atoms with Gasteiger partial charge in [0.1, 0.15) is 5.69 Å². The number of nitrogens with zero attached hydrogens (tertiary/aromatic N) is 5. The van der Waals surface area contributed by atoms with Crippen LogP contribution in [-0.2, 0) is 17.9 Å². The van der Waals surface area contributed by atoms with E-state index in [4.69, 9.17) is 4.74 Å². The van der Waals surface area contributed by atoms with Gasteiger partial charge in [-0.15, -0.1) is 16.4 Å². The summed E-state index contributed by atoms with van der Waals surface area (Å²) in [4.78, 5) is 8.74.